The van der Waals surface area contributed by atoms with Gasteiger partial charge >= 0.3 is 0 Å². The van der Waals surface area contributed by atoms with Crippen LogP contribution in [0.3, 0.4) is 0 Å². The van der Waals surface area contributed by atoms with Gasteiger partial charge in [0.2, 0.25) is 0 Å². The monoisotopic (exact) mass is 644 g/mol. The van der Waals surface area contributed by atoms with Gasteiger partial charge in [0.15, 0.2) is 0 Å². The van der Waals surface area contributed by atoms with Gasteiger partial charge in [-0.05, 0) is 99.2 Å². The van der Waals surface area contributed by atoms with E-state index in [1.54, 1.807) is 0 Å². The van der Waals surface area contributed by atoms with Crippen LogP contribution in [0.2, 0.25) is 0 Å². The minimum atomic E-state index is 0.101. The van der Waals surface area contributed by atoms with Gasteiger partial charge in [0.1, 0.15) is 0 Å². The van der Waals surface area contributed by atoms with Crippen molar-refractivity contribution in [1.82, 2.24) is 9.13 Å². The van der Waals surface area contributed by atoms with Gasteiger partial charge in [0, 0.05) is 32.9 Å². The summed E-state index contributed by atoms with van der Waals surface area (Å²) in [5.74, 6) is 0. The van der Waals surface area contributed by atoms with Crippen LogP contribution in [-0.4, -0.2) is 9.13 Å². The molecule has 2 aromatic heterocycles. The van der Waals surface area contributed by atoms with Gasteiger partial charge in [-0.15, -0.1) is 0 Å². The second kappa shape index (κ2) is 10.5. The molecular formula is C48H40N2. The Balaban J connectivity index is 1.45. The van der Waals surface area contributed by atoms with E-state index in [0.717, 1.165) is 0 Å². The van der Waals surface area contributed by atoms with E-state index < -0.39 is 0 Å². The molecule has 242 valence electrons. The van der Waals surface area contributed by atoms with E-state index in [1.165, 1.54) is 101 Å². The standard InChI is InChI=1S/C48H40N2/c1-47(2)27-28-48(3,4)40-30-42-38(29-39(40)47)44-36-20-12-11-19-35(36)43-37-21-13-14-22-41(37)49(45(43)46(44)50(42)33-17-9-6-10-18-33)34-25-23-32(24-26-34)31-15-7-5-8-16-31/h5-26,29-30H,27-28H2,1-4H3. The summed E-state index contributed by atoms with van der Waals surface area (Å²) in [5.41, 5.74) is 13.0. The SMILES string of the molecule is CC1(C)CCC(C)(C)c2cc3c(cc21)c1c2ccccc2c2c4ccccc4n(-c4ccc(-c5ccccc5)cc4)c2c1n3-c1ccccc1. The van der Waals surface area contributed by atoms with Crippen molar-refractivity contribution < 1.29 is 0 Å². The van der Waals surface area contributed by atoms with Crippen LogP contribution in [0, 0.1) is 0 Å². The van der Waals surface area contributed by atoms with Crippen LogP contribution in [0.4, 0.5) is 0 Å². The van der Waals surface area contributed by atoms with Gasteiger partial charge in [-0.25, -0.2) is 0 Å². The Morgan fingerprint density at radius 1 is 0.400 bits per heavy atom. The number of nitrogens with zero attached hydrogens (tertiary/aromatic N) is 2. The molecular weight excluding hydrogens is 605 g/mol. The molecule has 0 aliphatic heterocycles. The molecule has 0 fully saturated rings. The molecule has 2 heterocycles. The molecule has 7 aromatic carbocycles. The first kappa shape index (κ1) is 29.3. The van der Waals surface area contributed by atoms with Crippen LogP contribution >= 0.6 is 0 Å². The number of rotatable bonds is 3. The number of aromatic nitrogens is 2. The smallest absolute Gasteiger partial charge is 0.0795 e. The number of hydrogen-bond donors (Lipinski definition) is 0. The summed E-state index contributed by atoms with van der Waals surface area (Å²) in [6.07, 6.45) is 2.37. The number of fused-ring (bicyclic) bond motifs is 11. The van der Waals surface area contributed by atoms with Gasteiger partial charge in [0.25, 0.3) is 0 Å². The van der Waals surface area contributed by atoms with E-state index in [4.69, 9.17) is 0 Å². The number of para-hydroxylation sites is 2. The second-order valence-corrected chi connectivity index (χ2v) is 15.6. The highest BCUT2D eigenvalue weighted by Crippen LogP contribution is 2.51. The van der Waals surface area contributed by atoms with Crippen LogP contribution < -0.4 is 0 Å². The Hall–Kier alpha value is -5.60. The van der Waals surface area contributed by atoms with Gasteiger partial charge < -0.3 is 9.13 Å². The lowest BCUT2D eigenvalue weighted by Gasteiger charge is -2.42. The van der Waals surface area contributed by atoms with Crippen molar-refractivity contribution in [2.45, 2.75) is 51.4 Å². The molecule has 0 N–H and O–H groups in total. The fourth-order valence-electron chi connectivity index (χ4n) is 9.05. The molecule has 0 radical (unpaired) electrons. The summed E-state index contributed by atoms with van der Waals surface area (Å²) >= 11 is 0. The Morgan fingerprint density at radius 3 is 1.50 bits per heavy atom. The van der Waals surface area contributed by atoms with E-state index in [1.807, 2.05) is 0 Å². The highest BCUT2D eigenvalue weighted by molar-refractivity contribution is 6.36. The Labute approximate surface area is 293 Å². The third-order valence-electron chi connectivity index (χ3n) is 11.8. The molecule has 0 saturated carbocycles. The van der Waals surface area contributed by atoms with E-state index in [0.29, 0.717) is 0 Å². The van der Waals surface area contributed by atoms with Crippen molar-refractivity contribution in [1.29, 1.82) is 0 Å². The number of benzene rings is 7. The zero-order chi connectivity index (χ0) is 33.8. The molecule has 9 aromatic rings. The maximum Gasteiger partial charge on any atom is 0.0795 e. The lowest BCUT2D eigenvalue weighted by molar-refractivity contribution is 0.332. The molecule has 0 spiro atoms. The molecule has 2 nitrogen and oxygen atoms in total. The minimum Gasteiger partial charge on any atom is -0.307 e. The third kappa shape index (κ3) is 4.08. The Kier molecular flexibility index (Phi) is 6.13. The highest BCUT2D eigenvalue weighted by atomic mass is 15.0. The fourth-order valence-corrected chi connectivity index (χ4v) is 9.05. The summed E-state index contributed by atoms with van der Waals surface area (Å²) in [4.78, 5) is 0. The summed E-state index contributed by atoms with van der Waals surface area (Å²) in [5, 5.41) is 7.86. The van der Waals surface area contributed by atoms with Gasteiger partial charge in [-0.2, -0.15) is 0 Å². The maximum absolute atomic E-state index is 2.58. The van der Waals surface area contributed by atoms with Crippen LogP contribution in [0.15, 0.2) is 146 Å². The summed E-state index contributed by atoms with van der Waals surface area (Å²) in [6.45, 7) is 9.76. The average molecular weight is 645 g/mol. The normalized spacial score (nSPS) is 15.4. The van der Waals surface area contributed by atoms with Gasteiger partial charge in [-0.3, -0.25) is 0 Å². The molecule has 0 unspecified atom stereocenters. The molecule has 0 saturated heterocycles. The van der Waals surface area contributed by atoms with Crippen LogP contribution in [-0.2, 0) is 10.8 Å². The molecule has 2 heteroatoms. The molecule has 10 rings (SSSR count). The van der Waals surface area contributed by atoms with E-state index in [2.05, 4.69) is 182 Å². The van der Waals surface area contributed by atoms with Crippen molar-refractivity contribution in [3.05, 3.63) is 157 Å². The summed E-state index contributed by atoms with van der Waals surface area (Å²) in [6, 6.07) is 54.1. The molecule has 1 aliphatic rings. The van der Waals surface area contributed by atoms with Crippen LogP contribution in [0.5, 0.6) is 0 Å². The number of hydrogen-bond acceptors (Lipinski definition) is 0. The van der Waals surface area contributed by atoms with Crippen molar-refractivity contribution in [3.8, 4) is 22.5 Å². The third-order valence-corrected chi connectivity index (χ3v) is 11.8. The van der Waals surface area contributed by atoms with Crippen LogP contribution in [0.25, 0.3) is 76.9 Å². The van der Waals surface area contributed by atoms with E-state index >= 15 is 0 Å². The molecule has 50 heavy (non-hydrogen) atoms. The highest BCUT2D eigenvalue weighted by Gasteiger charge is 2.38. The molecule has 1 aliphatic carbocycles. The van der Waals surface area contributed by atoms with E-state index in [9.17, 15) is 0 Å². The largest absolute Gasteiger partial charge is 0.307 e. The first-order valence-corrected chi connectivity index (χ1v) is 18.0. The first-order chi connectivity index (χ1) is 24.3. The zero-order valence-corrected chi connectivity index (χ0v) is 29.2. The lowest BCUT2D eigenvalue weighted by Crippen LogP contribution is -2.33. The maximum atomic E-state index is 2.58. The van der Waals surface area contributed by atoms with Gasteiger partial charge in [0.05, 0.1) is 22.1 Å². The fraction of sp³-hybridized carbons (Fsp3) is 0.167. The lowest BCUT2D eigenvalue weighted by atomic mass is 9.63. The Morgan fingerprint density at radius 2 is 0.860 bits per heavy atom. The molecule has 0 amide bonds. The summed E-state index contributed by atoms with van der Waals surface area (Å²) < 4.78 is 5.10. The molecule has 0 atom stereocenters. The first-order valence-electron chi connectivity index (χ1n) is 18.0. The van der Waals surface area contributed by atoms with Crippen LogP contribution in [0.1, 0.15) is 51.7 Å². The zero-order valence-electron chi connectivity index (χ0n) is 29.2. The predicted molar refractivity (Wildman–Crippen MR) is 213 cm³/mol. The Bertz CT molecular complexity index is 2780. The van der Waals surface area contributed by atoms with Gasteiger partial charge in [-0.1, -0.05) is 131 Å². The topological polar surface area (TPSA) is 9.86 Å². The van der Waals surface area contributed by atoms with E-state index in [-0.39, 0.29) is 10.8 Å². The van der Waals surface area contributed by atoms with Crippen molar-refractivity contribution in [3.63, 3.8) is 0 Å². The molecule has 0 bridgehead atoms. The average Bonchev–Trinajstić information content (AvgIpc) is 3.68. The van der Waals surface area contributed by atoms with Crippen molar-refractivity contribution in [2.75, 3.05) is 0 Å². The quantitative estimate of drug-likeness (QED) is 0.181. The van der Waals surface area contributed by atoms with Crippen molar-refractivity contribution in [2.24, 2.45) is 0 Å². The van der Waals surface area contributed by atoms with Crippen molar-refractivity contribution >= 4 is 54.4 Å². The predicted octanol–water partition coefficient (Wildman–Crippen LogP) is 13.0. The second-order valence-electron chi connectivity index (χ2n) is 15.6. The summed E-state index contributed by atoms with van der Waals surface area (Å²) in [7, 11) is 0. The minimum absolute atomic E-state index is 0.101.